The third-order valence-corrected chi connectivity index (χ3v) is 4.09. The summed E-state index contributed by atoms with van der Waals surface area (Å²) in [5, 5.41) is 3.02. The Morgan fingerprint density at radius 1 is 1.45 bits per heavy atom. The average molecular weight is 343 g/mol. The molecule has 1 aromatic rings. The average Bonchev–Trinajstić information content (AvgIpc) is 2.85. The smallest absolute Gasteiger partial charge is 0.258 e. The lowest BCUT2D eigenvalue weighted by atomic mass is 10.0. The lowest BCUT2D eigenvalue weighted by Gasteiger charge is -2.32. The molecule has 1 aliphatic rings. The van der Waals surface area contributed by atoms with Crippen molar-refractivity contribution in [1.29, 1.82) is 0 Å². The number of carbonyl (C=O) groups is 2. The molecule has 5 nitrogen and oxygen atoms in total. The quantitative estimate of drug-likeness (QED) is 0.914. The van der Waals surface area contributed by atoms with Gasteiger partial charge in [0.2, 0.25) is 5.91 Å². The van der Waals surface area contributed by atoms with E-state index in [1.54, 1.807) is 11.0 Å². The number of amides is 2. The Morgan fingerprint density at radius 2 is 2.15 bits per heavy atom. The van der Waals surface area contributed by atoms with Gasteiger partial charge in [-0.1, -0.05) is 6.92 Å². The summed E-state index contributed by atoms with van der Waals surface area (Å²) in [5.74, 6) is 0.0822. The summed E-state index contributed by atoms with van der Waals surface area (Å²) in [4.78, 5) is 25.6. The molecule has 1 aliphatic heterocycles. The highest BCUT2D eigenvalue weighted by molar-refractivity contribution is 9.10. The van der Waals surface area contributed by atoms with Gasteiger partial charge >= 0.3 is 0 Å². The number of nitrogens with one attached hydrogen (secondary N) is 1. The first-order valence-corrected chi connectivity index (χ1v) is 7.72. The van der Waals surface area contributed by atoms with Crippen LogP contribution in [-0.2, 0) is 4.79 Å². The van der Waals surface area contributed by atoms with Crippen molar-refractivity contribution in [2.45, 2.75) is 38.6 Å². The van der Waals surface area contributed by atoms with E-state index in [9.17, 15) is 9.59 Å². The third kappa shape index (κ3) is 3.62. The van der Waals surface area contributed by atoms with Crippen LogP contribution in [0.25, 0.3) is 0 Å². The molecule has 20 heavy (non-hydrogen) atoms. The molecule has 0 radical (unpaired) electrons. The minimum absolute atomic E-state index is 0.0241. The third-order valence-electron chi connectivity index (χ3n) is 3.47. The van der Waals surface area contributed by atoms with Crippen LogP contribution in [0.15, 0.2) is 21.4 Å². The van der Waals surface area contributed by atoms with Crippen molar-refractivity contribution in [3.05, 3.63) is 22.6 Å². The Morgan fingerprint density at radius 3 is 2.70 bits per heavy atom. The molecule has 1 fully saturated rings. The first kappa shape index (κ1) is 15.1. The molecule has 2 amide bonds. The summed E-state index contributed by atoms with van der Waals surface area (Å²) in [6.07, 6.45) is 4.53. The normalized spacial score (nSPS) is 16.2. The maximum atomic E-state index is 12.3. The van der Waals surface area contributed by atoms with E-state index in [1.807, 2.05) is 6.92 Å². The van der Waals surface area contributed by atoms with Crippen LogP contribution in [-0.4, -0.2) is 35.8 Å². The second kappa shape index (κ2) is 6.92. The van der Waals surface area contributed by atoms with Gasteiger partial charge in [0.25, 0.3) is 5.91 Å². The van der Waals surface area contributed by atoms with E-state index in [1.165, 1.54) is 6.26 Å². The predicted molar refractivity (Wildman–Crippen MR) is 78.4 cm³/mol. The lowest BCUT2D eigenvalue weighted by molar-refractivity contribution is -0.122. The number of nitrogens with zero attached hydrogens (tertiary/aromatic N) is 1. The largest absolute Gasteiger partial charge is 0.457 e. The van der Waals surface area contributed by atoms with E-state index in [2.05, 4.69) is 21.2 Å². The zero-order valence-corrected chi connectivity index (χ0v) is 13.1. The van der Waals surface area contributed by atoms with Crippen molar-refractivity contribution in [3.8, 4) is 0 Å². The number of likely N-dealkylation sites (tertiary alicyclic amines) is 1. The molecule has 0 saturated carbocycles. The molecule has 0 bridgehead atoms. The molecule has 0 aliphatic carbocycles. The first-order valence-electron chi connectivity index (χ1n) is 6.93. The van der Waals surface area contributed by atoms with Gasteiger partial charge in [-0.3, -0.25) is 9.59 Å². The Balaban J connectivity index is 1.84. The fraction of sp³-hybridized carbons (Fsp3) is 0.571. The summed E-state index contributed by atoms with van der Waals surface area (Å²) < 4.78 is 5.56. The standard InChI is InChI=1S/C14H19BrN2O3/c1-2-3-12(18)16-10-4-7-17(8-5-10)14(19)11-6-9-20-13(11)15/h6,9-10H,2-5,7-8H2,1H3,(H,16,18). The molecule has 6 heteroatoms. The molecule has 1 saturated heterocycles. The van der Waals surface area contributed by atoms with E-state index < -0.39 is 0 Å². The van der Waals surface area contributed by atoms with Gasteiger partial charge in [-0.05, 0) is 41.3 Å². The molecular weight excluding hydrogens is 324 g/mol. The second-order valence-corrected chi connectivity index (χ2v) is 5.71. The fourth-order valence-corrected chi connectivity index (χ4v) is 2.78. The van der Waals surface area contributed by atoms with Crippen molar-refractivity contribution in [3.63, 3.8) is 0 Å². The molecule has 0 spiro atoms. The Kier molecular flexibility index (Phi) is 5.23. The van der Waals surface area contributed by atoms with E-state index in [4.69, 9.17) is 4.42 Å². The molecule has 0 unspecified atom stereocenters. The van der Waals surface area contributed by atoms with Crippen molar-refractivity contribution in [2.24, 2.45) is 0 Å². The van der Waals surface area contributed by atoms with Crippen molar-refractivity contribution in [2.75, 3.05) is 13.1 Å². The highest BCUT2D eigenvalue weighted by Gasteiger charge is 2.26. The highest BCUT2D eigenvalue weighted by atomic mass is 79.9. The van der Waals surface area contributed by atoms with Crippen molar-refractivity contribution in [1.82, 2.24) is 10.2 Å². The first-order chi connectivity index (χ1) is 9.61. The van der Waals surface area contributed by atoms with E-state index >= 15 is 0 Å². The number of piperidine rings is 1. The Hall–Kier alpha value is -1.30. The van der Waals surface area contributed by atoms with Gasteiger partial charge in [0.05, 0.1) is 11.8 Å². The maximum absolute atomic E-state index is 12.3. The van der Waals surface area contributed by atoms with Crippen molar-refractivity contribution < 1.29 is 14.0 Å². The Labute approximate surface area is 126 Å². The van der Waals surface area contributed by atoms with Crippen LogP contribution in [0.3, 0.4) is 0 Å². The van der Waals surface area contributed by atoms with Gasteiger partial charge in [0.1, 0.15) is 0 Å². The van der Waals surface area contributed by atoms with Crippen LogP contribution in [0, 0.1) is 0 Å². The van der Waals surface area contributed by atoms with Crippen LogP contribution >= 0.6 is 15.9 Å². The molecule has 0 aromatic carbocycles. The van der Waals surface area contributed by atoms with E-state index in [0.717, 1.165) is 19.3 Å². The molecule has 2 heterocycles. The molecule has 2 rings (SSSR count). The monoisotopic (exact) mass is 342 g/mol. The minimum Gasteiger partial charge on any atom is -0.457 e. The predicted octanol–water partition coefficient (Wildman–Crippen LogP) is 2.56. The van der Waals surface area contributed by atoms with Crippen LogP contribution in [0.1, 0.15) is 43.0 Å². The van der Waals surface area contributed by atoms with Crippen LogP contribution in [0.2, 0.25) is 0 Å². The lowest BCUT2D eigenvalue weighted by Crippen LogP contribution is -2.46. The number of hydrogen-bond donors (Lipinski definition) is 1. The van der Waals surface area contributed by atoms with E-state index in [-0.39, 0.29) is 17.9 Å². The number of rotatable bonds is 4. The minimum atomic E-state index is -0.0241. The summed E-state index contributed by atoms with van der Waals surface area (Å²) in [7, 11) is 0. The van der Waals surface area contributed by atoms with Crippen LogP contribution in [0.4, 0.5) is 0 Å². The summed E-state index contributed by atoms with van der Waals surface area (Å²) in [6, 6.07) is 1.85. The van der Waals surface area contributed by atoms with Crippen LogP contribution < -0.4 is 5.32 Å². The highest BCUT2D eigenvalue weighted by Crippen LogP contribution is 2.21. The maximum Gasteiger partial charge on any atom is 0.258 e. The van der Waals surface area contributed by atoms with Gasteiger partial charge in [0, 0.05) is 25.6 Å². The van der Waals surface area contributed by atoms with Gasteiger partial charge in [-0.25, -0.2) is 0 Å². The molecule has 110 valence electrons. The van der Waals surface area contributed by atoms with Gasteiger partial charge in [-0.2, -0.15) is 0 Å². The number of halogens is 1. The molecule has 1 N–H and O–H groups in total. The van der Waals surface area contributed by atoms with Gasteiger partial charge < -0.3 is 14.6 Å². The van der Waals surface area contributed by atoms with Crippen molar-refractivity contribution >= 4 is 27.7 Å². The SMILES string of the molecule is CCCC(=O)NC1CCN(C(=O)c2ccoc2Br)CC1. The summed E-state index contributed by atoms with van der Waals surface area (Å²) >= 11 is 3.22. The number of carbonyl (C=O) groups excluding carboxylic acids is 2. The van der Waals surface area contributed by atoms with E-state index in [0.29, 0.717) is 29.7 Å². The van der Waals surface area contributed by atoms with Gasteiger partial charge in [-0.15, -0.1) is 0 Å². The fourth-order valence-electron chi connectivity index (χ4n) is 2.37. The summed E-state index contributed by atoms with van der Waals surface area (Å²) in [5.41, 5.74) is 0.554. The second-order valence-electron chi connectivity index (χ2n) is 4.99. The van der Waals surface area contributed by atoms with Crippen LogP contribution in [0.5, 0.6) is 0 Å². The topological polar surface area (TPSA) is 62.6 Å². The zero-order valence-electron chi connectivity index (χ0n) is 11.5. The number of furan rings is 1. The molecular formula is C14H19BrN2O3. The summed E-state index contributed by atoms with van der Waals surface area (Å²) in [6.45, 7) is 3.31. The van der Waals surface area contributed by atoms with Gasteiger partial charge in [0.15, 0.2) is 4.67 Å². The molecule has 1 aromatic heterocycles. The number of hydrogen-bond acceptors (Lipinski definition) is 3. The Bertz CT molecular complexity index is 479. The molecule has 0 atom stereocenters. The zero-order chi connectivity index (χ0) is 14.5.